The molecule has 0 bridgehead atoms. The van der Waals surface area contributed by atoms with Gasteiger partial charge in [-0.3, -0.25) is 0 Å². The topological polar surface area (TPSA) is 52.2 Å². The fourth-order valence-electron chi connectivity index (χ4n) is 2.39. The first kappa shape index (κ1) is 13.7. The molecule has 110 valence electrons. The molecule has 1 N–H and O–H groups in total. The summed E-state index contributed by atoms with van der Waals surface area (Å²) in [6.07, 6.45) is 5.58. The van der Waals surface area contributed by atoms with Crippen LogP contribution in [0.25, 0.3) is 11.0 Å². The minimum atomic E-state index is 0.328. The van der Waals surface area contributed by atoms with Crippen molar-refractivity contribution in [3.8, 4) is 5.75 Å². The molecular formula is C16H19N3O2. The molecule has 21 heavy (non-hydrogen) atoms. The third-order valence-electron chi connectivity index (χ3n) is 3.45. The van der Waals surface area contributed by atoms with E-state index in [0.29, 0.717) is 12.6 Å². The van der Waals surface area contributed by atoms with Crippen LogP contribution < -0.4 is 10.1 Å². The predicted octanol–water partition coefficient (Wildman–Crippen LogP) is 2.82. The Labute approximate surface area is 123 Å². The van der Waals surface area contributed by atoms with Gasteiger partial charge in [0.15, 0.2) is 11.3 Å². The van der Waals surface area contributed by atoms with Crippen molar-refractivity contribution >= 4 is 11.0 Å². The van der Waals surface area contributed by atoms with E-state index in [9.17, 15) is 0 Å². The van der Waals surface area contributed by atoms with Crippen molar-refractivity contribution in [2.45, 2.75) is 26.1 Å². The van der Waals surface area contributed by atoms with Crippen LogP contribution in [-0.2, 0) is 13.1 Å². The summed E-state index contributed by atoms with van der Waals surface area (Å²) in [6, 6.07) is 8.28. The maximum absolute atomic E-state index is 5.87. The van der Waals surface area contributed by atoms with E-state index in [4.69, 9.17) is 9.15 Å². The highest BCUT2D eigenvalue weighted by Crippen LogP contribution is 2.28. The van der Waals surface area contributed by atoms with Gasteiger partial charge < -0.3 is 19.0 Å². The molecule has 5 heteroatoms. The molecular weight excluding hydrogens is 266 g/mol. The molecule has 3 rings (SSSR count). The summed E-state index contributed by atoms with van der Waals surface area (Å²) in [7, 11) is 1.66. The minimum absolute atomic E-state index is 0.328. The SMILES string of the molecule is COc1cccc2cc(CN[C@H](C)Cn3ccnc3)oc12. The van der Waals surface area contributed by atoms with Crippen LogP contribution >= 0.6 is 0 Å². The van der Waals surface area contributed by atoms with Crippen LogP contribution in [0.4, 0.5) is 0 Å². The Morgan fingerprint density at radius 3 is 3.10 bits per heavy atom. The van der Waals surface area contributed by atoms with Crippen molar-refractivity contribution in [1.29, 1.82) is 0 Å². The van der Waals surface area contributed by atoms with Gasteiger partial charge in [0.25, 0.3) is 0 Å². The zero-order chi connectivity index (χ0) is 14.7. The summed E-state index contributed by atoms with van der Waals surface area (Å²) in [4.78, 5) is 4.04. The van der Waals surface area contributed by atoms with Crippen molar-refractivity contribution in [3.05, 3.63) is 48.7 Å². The molecule has 2 heterocycles. The van der Waals surface area contributed by atoms with Crippen molar-refractivity contribution in [3.63, 3.8) is 0 Å². The third kappa shape index (κ3) is 3.08. The van der Waals surface area contributed by atoms with Gasteiger partial charge in [-0.15, -0.1) is 0 Å². The Balaban J connectivity index is 1.65. The number of hydrogen-bond donors (Lipinski definition) is 1. The lowest BCUT2D eigenvalue weighted by Crippen LogP contribution is -2.29. The fraction of sp³-hybridized carbons (Fsp3) is 0.312. The van der Waals surface area contributed by atoms with E-state index in [0.717, 1.165) is 29.0 Å². The fourth-order valence-corrected chi connectivity index (χ4v) is 2.39. The molecule has 0 saturated carbocycles. The summed E-state index contributed by atoms with van der Waals surface area (Å²) < 4.78 is 13.2. The van der Waals surface area contributed by atoms with E-state index < -0.39 is 0 Å². The second-order valence-corrected chi connectivity index (χ2v) is 5.13. The quantitative estimate of drug-likeness (QED) is 0.756. The Morgan fingerprint density at radius 2 is 2.33 bits per heavy atom. The molecule has 0 radical (unpaired) electrons. The predicted molar refractivity (Wildman–Crippen MR) is 81.3 cm³/mol. The zero-order valence-electron chi connectivity index (χ0n) is 12.2. The molecule has 1 atom stereocenters. The average molecular weight is 285 g/mol. The minimum Gasteiger partial charge on any atom is -0.493 e. The Morgan fingerprint density at radius 1 is 1.43 bits per heavy atom. The molecule has 0 spiro atoms. The highest BCUT2D eigenvalue weighted by atomic mass is 16.5. The van der Waals surface area contributed by atoms with Crippen LogP contribution in [0.2, 0.25) is 0 Å². The highest BCUT2D eigenvalue weighted by Gasteiger charge is 2.09. The molecule has 0 aliphatic rings. The van der Waals surface area contributed by atoms with Gasteiger partial charge in [0.05, 0.1) is 20.0 Å². The van der Waals surface area contributed by atoms with Crippen molar-refractivity contribution < 1.29 is 9.15 Å². The largest absolute Gasteiger partial charge is 0.493 e. The second kappa shape index (κ2) is 6.01. The Kier molecular flexibility index (Phi) is 3.92. The lowest BCUT2D eigenvalue weighted by atomic mass is 10.2. The van der Waals surface area contributed by atoms with Crippen LogP contribution in [0.3, 0.4) is 0 Å². The summed E-state index contributed by atoms with van der Waals surface area (Å²) >= 11 is 0. The maximum atomic E-state index is 5.87. The smallest absolute Gasteiger partial charge is 0.176 e. The van der Waals surface area contributed by atoms with Gasteiger partial charge in [-0.05, 0) is 19.1 Å². The first-order valence-corrected chi connectivity index (χ1v) is 7.01. The van der Waals surface area contributed by atoms with Crippen LogP contribution in [0.15, 0.2) is 47.4 Å². The zero-order valence-corrected chi connectivity index (χ0v) is 12.2. The van der Waals surface area contributed by atoms with Gasteiger partial charge in [-0.1, -0.05) is 12.1 Å². The van der Waals surface area contributed by atoms with Crippen molar-refractivity contribution in [1.82, 2.24) is 14.9 Å². The highest BCUT2D eigenvalue weighted by molar-refractivity contribution is 5.83. The molecule has 2 aromatic heterocycles. The molecule has 0 unspecified atom stereocenters. The lowest BCUT2D eigenvalue weighted by molar-refractivity contribution is 0.401. The third-order valence-corrected chi connectivity index (χ3v) is 3.45. The number of para-hydroxylation sites is 1. The summed E-state index contributed by atoms with van der Waals surface area (Å²) in [5.41, 5.74) is 0.805. The number of benzene rings is 1. The van der Waals surface area contributed by atoms with Crippen LogP contribution in [0, 0.1) is 0 Å². The van der Waals surface area contributed by atoms with Gasteiger partial charge in [0.1, 0.15) is 5.76 Å². The van der Waals surface area contributed by atoms with Gasteiger partial charge in [-0.2, -0.15) is 0 Å². The first-order valence-electron chi connectivity index (χ1n) is 7.01. The molecule has 0 saturated heterocycles. The molecule has 0 fully saturated rings. The van der Waals surface area contributed by atoms with E-state index in [1.54, 1.807) is 13.3 Å². The van der Waals surface area contributed by atoms with Crippen molar-refractivity contribution in [2.75, 3.05) is 7.11 Å². The monoisotopic (exact) mass is 285 g/mol. The van der Waals surface area contributed by atoms with Crippen LogP contribution in [-0.4, -0.2) is 22.7 Å². The van der Waals surface area contributed by atoms with E-state index in [2.05, 4.69) is 27.9 Å². The van der Waals surface area contributed by atoms with Crippen LogP contribution in [0.1, 0.15) is 12.7 Å². The standard InChI is InChI=1S/C16H19N3O2/c1-12(10-19-7-6-17-11-19)18-9-14-8-13-4-3-5-15(20-2)16(13)21-14/h3-8,11-12,18H,9-10H2,1-2H3/t12-/m1/s1. The van der Waals surface area contributed by atoms with E-state index >= 15 is 0 Å². The van der Waals surface area contributed by atoms with Gasteiger partial charge >= 0.3 is 0 Å². The molecule has 1 aromatic carbocycles. The van der Waals surface area contributed by atoms with E-state index in [1.165, 1.54) is 0 Å². The first-order chi connectivity index (χ1) is 10.3. The Hall–Kier alpha value is -2.27. The number of hydrogen-bond acceptors (Lipinski definition) is 4. The molecule has 0 aliphatic carbocycles. The number of rotatable bonds is 6. The number of aromatic nitrogens is 2. The second-order valence-electron chi connectivity index (χ2n) is 5.13. The molecule has 5 nitrogen and oxygen atoms in total. The van der Waals surface area contributed by atoms with Crippen LogP contribution in [0.5, 0.6) is 5.75 Å². The molecule has 0 amide bonds. The summed E-state index contributed by atoms with van der Waals surface area (Å²) in [5, 5.41) is 4.52. The number of nitrogens with one attached hydrogen (secondary N) is 1. The maximum Gasteiger partial charge on any atom is 0.176 e. The molecule has 3 aromatic rings. The van der Waals surface area contributed by atoms with E-state index in [1.807, 2.05) is 30.7 Å². The number of imidazole rings is 1. The number of nitrogens with zero attached hydrogens (tertiary/aromatic N) is 2. The normalized spacial score (nSPS) is 12.7. The average Bonchev–Trinajstić information content (AvgIpc) is 3.13. The van der Waals surface area contributed by atoms with Crippen molar-refractivity contribution in [2.24, 2.45) is 0 Å². The number of furan rings is 1. The van der Waals surface area contributed by atoms with Gasteiger partial charge in [0.2, 0.25) is 0 Å². The Bertz CT molecular complexity index is 703. The number of methoxy groups -OCH3 is 1. The summed E-state index contributed by atoms with van der Waals surface area (Å²) in [6.45, 7) is 3.71. The number of ether oxygens (including phenoxy) is 1. The summed E-state index contributed by atoms with van der Waals surface area (Å²) in [5.74, 6) is 1.68. The number of fused-ring (bicyclic) bond motifs is 1. The van der Waals surface area contributed by atoms with Gasteiger partial charge in [-0.25, -0.2) is 4.98 Å². The molecule has 0 aliphatic heterocycles. The lowest BCUT2D eigenvalue weighted by Gasteiger charge is -2.13. The van der Waals surface area contributed by atoms with E-state index in [-0.39, 0.29) is 0 Å². The van der Waals surface area contributed by atoms with Gasteiger partial charge in [0, 0.05) is 30.4 Å².